The fourth-order valence-corrected chi connectivity index (χ4v) is 8.95. The van der Waals surface area contributed by atoms with E-state index < -0.39 is 25.6 Å². The monoisotopic (exact) mass is 681 g/mol. The highest BCUT2D eigenvalue weighted by Gasteiger charge is 2.35. The Labute approximate surface area is 275 Å². The Hall–Kier alpha value is -4.95. The lowest BCUT2D eigenvalue weighted by molar-refractivity contribution is 0.0917. The number of hydrogen-bond donors (Lipinski definition) is 1. The third-order valence-corrected chi connectivity index (χ3v) is 12.1. The van der Waals surface area contributed by atoms with Crippen LogP contribution in [0.2, 0.25) is 0 Å². The van der Waals surface area contributed by atoms with Gasteiger partial charge in [0.25, 0.3) is 20.0 Å². The average molecular weight is 682 g/mol. The van der Waals surface area contributed by atoms with Crippen molar-refractivity contribution in [3.05, 3.63) is 138 Å². The molecule has 4 heterocycles. The summed E-state index contributed by atoms with van der Waals surface area (Å²) in [5.74, 6) is -0.0610. The molecule has 0 aliphatic rings. The molecule has 1 unspecified atom stereocenters. The number of thiazole rings is 1. The minimum absolute atomic E-state index is 0.0610. The van der Waals surface area contributed by atoms with Gasteiger partial charge in [0.2, 0.25) is 0 Å². The molecule has 0 amide bonds. The van der Waals surface area contributed by atoms with Crippen LogP contribution in [0.25, 0.3) is 32.9 Å². The van der Waals surface area contributed by atoms with E-state index in [9.17, 15) is 21.9 Å². The van der Waals surface area contributed by atoms with E-state index >= 15 is 0 Å². The molecule has 0 aliphatic heterocycles. The number of aliphatic hydroxyl groups is 1. The molecule has 0 fully saturated rings. The van der Waals surface area contributed by atoms with Gasteiger partial charge in [-0.15, -0.1) is 11.3 Å². The molecular formula is C34H27N5O5S3. The molecule has 47 heavy (non-hydrogen) atoms. The number of pyridine rings is 1. The highest BCUT2D eigenvalue weighted by Crippen LogP contribution is 2.37. The minimum atomic E-state index is -4.03. The van der Waals surface area contributed by atoms with Crippen molar-refractivity contribution < 1.29 is 21.9 Å². The second kappa shape index (κ2) is 11.4. The molecule has 1 N–H and O–H groups in total. The van der Waals surface area contributed by atoms with Gasteiger partial charge < -0.3 is 5.11 Å². The van der Waals surface area contributed by atoms with E-state index in [1.807, 2.05) is 18.4 Å². The van der Waals surface area contributed by atoms with E-state index in [0.29, 0.717) is 32.8 Å². The van der Waals surface area contributed by atoms with E-state index in [0.717, 1.165) is 9.54 Å². The lowest BCUT2D eigenvalue weighted by Crippen LogP contribution is -2.30. The highest BCUT2D eigenvalue weighted by atomic mass is 32.2. The maximum Gasteiger partial charge on any atom is 0.269 e. The van der Waals surface area contributed by atoms with Gasteiger partial charge in [0.05, 0.1) is 15.5 Å². The molecule has 1 atom stereocenters. The highest BCUT2D eigenvalue weighted by molar-refractivity contribution is 7.90. The molecule has 7 rings (SSSR count). The van der Waals surface area contributed by atoms with Crippen LogP contribution in [-0.2, 0) is 25.6 Å². The van der Waals surface area contributed by atoms with Crippen LogP contribution in [0.5, 0.6) is 0 Å². The Morgan fingerprint density at radius 2 is 1.51 bits per heavy atom. The van der Waals surface area contributed by atoms with Crippen LogP contribution >= 0.6 is 11.3 Å². The molecule has 236 valence electrons. The van der Waals surface area contributed by atoms with E-state index in [4.69, 9.17) is 4.98 Å². The number of hydrogen-bond acceptors (Lipinski definition) is 9. The van der Waals surface area contributed by atoms with Crippen LogP contribution < -0.4 is 0 Å². The summed E-state index contributed by atoms with van der Waals surface area (Å²) in [5.41, 5.74) is 1.69. The summed E-state index contributed by atoms with van der Waals surface area (Å²) in [4.78, 5) is 13.7. The van der Waals surface area contributed by atoms with Crippen LogP contribution in [0.3, 0.4) is 0 Å². The first kappa shape index (κ1) is 30.7. The van der Waals surface area contributed by atoms with Crippen molar-refractivity contribution in [3.63, 3.8) is 0 Å². The average Bonchev–Trinajstić information content (AvgIpc) is 3.85. The zero-order valence-corrected chi connectivity index (χ0v) is 27.5. The maximum absolute atomic E-state index is 13.6. The molecule has 0 spiro atoms. The summed E-state index contributed by atoms with van der Waals surface area (Å²) >= 11 is 1.34. The van der Waals surface area contributed by atoms with Crippen molar-refractivity contribution in [1.82, 2.24) is 22.9 Å². The Balaban J connectivity index is 1.25. The Kier molecular flexibility index (Phi) is 7.43. The SMILES string of the molecule is Cc1ccc(S(=O)(=O)n2ccnc2C(C)(O)c2cccc(-c3csc(-c4cn(S(=O)(=O)c5ccccc5)c5ncccc45)n3)c2)cc1. The van der Waals surface area contributed by atoms with Crippen LogP contribution in [0.4, 0.5) is 0 Å². The molecule has 4 aromatic heterocycles. The second-order valence-electron chi connectivity index (χ2n) is 11.1. The first-order valence-electron chi connectivity index (χ1n) is 14.4. The molecule has 0 aliphatic carbocycles. The Bertz CT molecular complexity index is 2480. The predicted molar refractivity (Wildman–Crippen MR) is 180 cm³/mol. The van der Waals surface area contributed by atoms with E-state index in [1.165, 1.54) is 65.1 Å². The van der Waals surface area contributed by atoms with Crippen molar-refractivity contribution in [1.29, 1.82) is 0 Å². The molecule has 0 radical (unpaired) electrons. The topological polar surface area (TPSA) is 137 Å². The minimum Gasteiger partial charge on any atom is -0.377 e. The molecule has 0 bridgehead atoms. The molecule has 10 nitrogen and oxygen atoms in total. The number of rotatable bonds is 8. The van der Waals surface area contributed by atoms with Gasteiger partial charge in [-0.05, 0) is 61.9 Å². The standard InChI is InChI=1S/C34H27N5O5S3/c1-23-13-15-27(16-14-23)46(41,42)38-19-18-36-33(38)34(2,40)25-9-6-8-24(20-25)30-22-45-32(37-30)29-21-39(31-28(29)12-7-17-35-31)47(43,44)26-10-4-3-5-11-26/h3-22,40H,1-2H3. The zero-order valence-electron chi connectivity index (χ0n) is 25.1. The largest absolute Gasteiger partial charge is 0.377 e. The number of nitrogens with zero attached hydrogens (tertiary/aromatic N) is 5. The fourth-order valence-electron chi connectivity index (χ4n) is 5.38. The molecule has 13 heteroatoms. The molecular weight excluding hydrogens is 655 g/mol. The van der Waals surface area contributed by atoms with Gasteiger partial charge in [-0.25, -0.2) is 39.7 Å². The summed E-state index contributed by atoms with van der Waals surface area (Å²) in [7, 11) is -7.96. The third-order valence-electron chi connectivity index (χ3n) is 7.91. The molecule has 7 aromatic rings. The van der Waals surface area contributed by atoms with Crippen LogP contribution in [0, 0.1) is 6.92 Å². The smallest absolute Gasteiger partial charge is 0.269 e. The first-order chi connectivity index (χ1) is 22.5. The van der Waals surface area contributed by atoms with Crippen LogP contribution in [0.1, 0.15) is 23.9 Å². The predicted octanol–water partition coefficient (Wildman–Crippen LogP) is 6.06. The Morgan fingerprint density at radius 1 is 0.787 bits per heavy atom. The molecule has 0 saturated heterocycles. The lowest BCUT2D eigenvalue weighted by atomic mass is 9.93. The fraction of sp³-hybridized carbons (Fsp3) is 0.0882. The number of aryl methyl sites for hydroxylation is 1. The van der Waals surface area contributed by atoms with Gasteiger partial charge in [-0.2, -0.15) is 0 Å². The zero-order chi connectivity index (χ0) is 33.0. The summed E-state index contributed by atoms with van der Waals surface area (Å²) in [6, 6.07) is 25.2. The molecule has 0 saturated carbocycles. The summed E-state index contributed by atoms with van der Waals surface area (Å²) in [6.07, 6.45) is 5.75. The third kappa shape index (κ3) is 5.26. The second-order valence-corrected chi connectivity index (χ2v) is 15.6. The Morgan fingerprint density at radius 3 is 2.28 bits per heavy atom. The number of aromatic nitrogens is 5. The van der Waals surface area contributed by atoms with Crippen molar-refractivity contribution in [3.8, 4) is 21.8 Å². The summed E-state index contributed by atoms with van der Waals surface area (Å²) in [5, 5.41) is 14.9. The summed E-state index contributed by atoms with van der Waals surface area (Å²) < 4.78 is 56.4. The van der Waals surface area contributed by atoms with Crippen molar-refractivity contribution >= 4 is 42.4 Å². The van der Waals surface area contributed by atoms with Gasteiger partial charge in [-0.1, -0.05) is 54.1 Å². The summed E-state index contributed by atoms with van der Waals surface area (Å²) in [6.45, 7) is 3.37. The quantitative estimate of drug-likeness (QED) is 0.204. The number of fused-ring (bicyclic) bond motifs is 1. The van der Waals surface area contributed by atoms with Gasteiger partial charge in [0, 0.05) is 46.7 Å². The van der Waals surface area contributed by atoms with Gasteiger partial charge >= 0.3 is 0 Å². The van der Waals surface area contributed by atoms with Crippen LogP contribution in [0.15, 0.2) is 131 Å². The van der Waals surface area contributed by atoms with E-state index in [1.54, 1.807) is 66.9 Å². The lowest BCUT2D eigenvalue weighted by Gasteiger charge is -2.24. The van der Waals surface area contributed by atoms with Gasteiger partial charge in [-0.3, -0.25) is 0 Å². The van der Waals surface area contributed by atoms with Gasteiger partial charge in [0.15, 0.2) is 11.5 Å². The number of imidazole rings is 1. The van der Waals surface area contributed by atoms with Gasteiger partial charge in [0.1, 0.15) is 10.6 Å². The van der Waals surface area contributed by atoms with Crippen LogP contribution in [-0.4, -0.2) is 44.8 Å². The van der Waals surface area contributed by atoms with E-state index in [2.05, 4.69) is 9.97 Å². The van der Waals surface area contributed by atoms with Crippen molar-refractivity contribution in [2.45, 2.75) is 29.2 Å². The number of benzene rings is 3. The normalized spacial score (nSPS) is 13.5. The first-order valence-corrected chi connectivity index (χ1v) is 18.2. The molecule has 3 aromatic carbocycles. The maximum atomic E-state index is 13.6. The van der Waals surface area contributed by atoms with Crippen molar-refractivity contribution in [2.24, 2.45) is 0 Å². The van der Waals surface area contributed by atoms with Crippen molar-refractivity contribution in [2.75, 3.05) is 0 Å². The van der Waals surface area contributed by atoms with E-state index in [-0.39, 0.29) is 21.3 Å².